The second-order valence-corrected chi connectivity index (χ2v) is 4.45. The molecule has 0 spiro atoms. The number of nitrogens with one attached hydrogen (secondary N) is 1. The van der Waals surface area contributed by atoms with Gasteiger partial charge in [0.25, 0.3) is 5.91 Å². The van der Waals surface area contributed by atoms with Crippen molar-refractivity contribution >= 4 is 11.7 Å². The molecule has 0 saturated heterocycles. The van der Waals surface area contributed by atoms with Gasteiger partial charge in [-0.25, -0.2) is 9.07 Å². The Morgan fingerprint density at radius 1 is 1.24 bits per heavy atom. The van der Waals surface area contributed by atoms with Crippen LogP contribution in [0.2, 0.25) is 0 Å². The maximum absolute atomic E-state index is 13.7. The summed E-state index contributed by atoms with van der Waals surface area (Å²) in [5.74, 6) is -2.95. The van der Waals surface area contributed by atoms with Gasteiger partial charge in [-0.1, -0.05) is 17.7 Å². The molecule has 0 unspecified atom stereocenters. The first-order valence-electron chi connectivity index (χ1n) is 5.88. The van der Waals surface area contributed by atoms with Crippen LogP contribution in [0.1, 0.15) is 21.6 Å². The molecule has 0 aliphatic rings. The summed E-state index contributed by atoms with van der Waals surface area (Å²) in [6.45, 7) is 1.82. The van der Waals surface area contributed by atoms with Gasteiger partial charge in [0, 0.05) is 12.6 Å². The second kappa shape index (κ2) is 5.19. The van der Waals surface area contributed by atoms with E-state index in [9.17, 15) is 22.4 Å². The molecule has 4 nitrogen and oxygen atoms in total. The summed E-state index contributed by atoms with van der Waals surface area (Å²) in [6.07, 6.45) is -4.92. The van der Waals surface area contributed by atoms with Crippen LogP contribution in [0.3, 0.4) is 0 Å². The summed E-state index contributed by atoms with van der Waals surface area (Å²) in [5.41, 5.74) is -0.545. The highest BCUT2D eigenvalue weighted by Crippen LogP contribution is 2.33. The third-order valence-corrected chi connectivity index (χ3v) is 2.80. The highest BCUT2D eigenvalue weighted by Gasteiger charge is 2.40. The minimum atomic E-state index is -4.92. The fourth-order valence-electron chi connectivity index (χ4n) is 1.70. The maximum Gasteiger partial charge on any atom is 0.438 e. The van der Waals surface area contributed by atoms with Crippen molar-refractivity contribution in [2.45, 2.75) is 13.1 Å². The Bertz CT molecular complexity index is 674. The molecule has 112 valence electrons. The molecule has 0 radical (unpaired) electrons. The summed E-state index contributed by atoms with van der Waals surface area (Å²) in [4.78, 5) is 11.9. The normalized spacial score (nSPS) is 11.5. The van der Waals surface area contributed by atoms with Gasteiger partial charge < -0.3 is 5.32 Å². The molecule has 0 fully saturated rings. The van der Waals surface area contributed by atoms with Crippen LogP contribution in [0.5, 0.6) is 0 Å². The van der Waals surface area contributed by atoms with E-state index in [2.05, 4.69) is 10.4 Å². The molecule has 1 heterocycles. The van der Waals surface area contributed by atoms with Gasteiger partial charge in [-0.05, 0) is 19.1 Å². The van der Waals surface area contributed by atoms with E-state index in [-0.39, 0.29) is 5.56 Å². The Morgan fingerprint density at radius 3 is 2.29 bits per heavy atom. The fourth-order valence-corrected chi connectivity index (χ4v) is 1.70. The molecule has 0 aliphatic heterocycles. The predicted molar refractivity (Wildman–Crippen MR) is 67.3 cm³/mol. The zero-order valence-electron chi connectivity index (χ0n) is 11.1. The van der Waals surface area contributed by atoms with E-state index in [1.807, 2.05) is 6.92 Å². The Kier molecular flexibility index (Phi) is 3.71. The molecule has 1 aromatic heterocycles. The van der Waals surface area contributed by atoms with Crippen LogP contribution in [0, 0.1) is 12.7 Å². The third-order valence-electron chi connectivity index (χ3n) is 2.80. The quantitative estimate of drug-likeness (QED) is 0.866. The number of aromatic nitrogens is 2. The number of nitrogens with zero attached hydrogens (tertiary/aromatic N) is 2. The number of carbonyl (C=O) groups is 1. The number of hydrogen-bond donors (Lipinski definition) is 1. The van der Waals surface area contributed by atoms with Crippen molar-refractivity contribution in [3.8, 4) is 0 Å². The van der Waals surface area contributed by atoms with Crippen LogP contribution in [0.25, 0.3) is 0 Å². The van der Waals surface area contributed by atoms with Crippen molar-refractivity contribution < 1.29 is 22.4 Å². The van der Waals surface area contributed by atoms with Gasteiger partial charge in [-0.3, -0.25) is 4.79 Å². The monoisotopic (exact) mass is 301 g/mol. The van der Waals surface area contributed by atoms with E-state index in [1.165, 1.54) is 12.1 Å². The van der Waals surface area contributed by atoms with E-state index in [4.69, 9.17) is 0 Å². The molecule has 2 aromatic rings. The average molecular weight is 301 g/mol. The molecule has 21 heavy (non-hydrogen) atoms. The van der Waals surface area contributed by atoms with E-state index in [1.54, 1.807) is 12.1 Å². The topological polar surface area (TPSA) is 46.9 Å². The smallest absolute Gasteiger partial charge is 0.304 e. The highest BCUT2D eigenvalue weighted by molar-refractivity contribution is 6.03. The Morgan fingerprint density at radius 2 is 1.81 bits per heavy atom. The van der Waals surface area contributed by atoms with Gasteiger partial charge in [0.15, 0.2) is 11.6 Å². The van der Waals surface area contributed by atoms with Crippen molar-refractivity contribution in [2.75, 3.05) is 5.32 Å². The van der Waals surface area contributed by atoms with Crippen LogP contribution in [-0.2, 0) is 13.2 Å². The lowest BCUT2D eigenvalue weighted by atomic mass is 10.1. The molecule has 2 rings (SSSR count). The minimum absolute atomic E-state index is 0.203. The van der Waals surface area contributed by atoms with E-state index in [0.29, 0.717) is 4.68 Å². The summed E-state index contributed by atoms with van der Waals surface area (Å²) in [7, 11) is 1.11. The number of anilines is 1. The molecule has 0 atom stereocenters. The molecular weight excluding hydrogens is 290 g/mol. The first-order valence-corrected chi connectivity index (χ1v) is 5.88. The Hall–Kier alpha value is -2.38. The lowest BCUT2D eigenvalue weighted by Crippen LogP contribution is -2.15. The minimum Gasteiger partial charge on any atom is -0.304 e. The highest BCUT2D eigenvalue weighted by atomic mass is 19.4. The van der Waals surface area contributed by atoms with Gasteiger partial charge in [0.1, 0.15) is 0 Å². The van der Waals surface area contributed by atoms with Gasteiger partial charge >= 0.3 is 6.18 Å². The maximum atomic E-state index is 13.7. The van der Waals surface area contributed by atoms with E-state index >= 15 is 0 Å². The number of benzene rings is 1. The Labute approximate surface area is 117 Å². The summed E-state index contributed by atoms with van der Waals surface area (Å²) >= 11 is 0. The van der Waals surface area contributed by atoms with Crippen LogP contribution < -0.4 is 5.32 Å². The third kappa shape index (κ3) is 3.04. The van der Waals surface area contributed by atoms with Crippen LogP contribution in [0.15, 0.2) is 24.3 Å². The number of hydrogen-bond acceptors (Lipinski definition) is 2. The van der Waals surface area contributed by atoms with Crippen LogP contribution in [0.4, 0.5) is 23.4 Å². The van der Waals surface area contributed by atoms with Gasteiger partial charge in [0.2, 0.25) is 5.69 Å². The first-order chi connectivity index (χ1) is 9.70. The first kappa shape index (κ1) is 15.0. The van der Waals surface area contributed by atoms with E-state index < -0.39 is 29.4 Å². The zero-order chi connectivity index (χ0) is 15.8. The molecule has 0 saturated carbocycles. The molecule has 1 aromatic carbocycles. The summed E-state index contributed by atoms with van der Waals surface area (Å²) < 4.78 is 51.9. The van der Waals surface area contributed by atoms with Crippen LogP contribution in [-0.4, -0.2) is 15.7 Å². The molecule has 1 amide bonds. The molecule has 8 heteroatoms. The average Bonchev–Trinajstić information content (AvgIpc) is 2.67. The number of carbonyl (C=O) groups excluding carboxylic acids is 1. The Balaban J connectivity index is 2.30. The number of alkyl halides is 3. The fraction of sp³-hybridized carbons (Fsp3) is 0.231. The molecule has 0 aliphatic carbocycles. The van der Waals surface area contributed by atoms with Gasteiger partial charge in [0.05, 0.1) is 0 Å². The number of aryl methyl sites for hydroxylation is 2. The van der Waals surface area contributed by atoms with Crippen molar-refractivity contribution in [1.82, 2.24) is 9.78 Å². The van der Waals surface area contributed by atoms with Crippen molar-refractivity contribution in [1.29, 1.82) is 0 Å². The zero-order valence-corrected chi connectivity index (χ0v) is 11.1. The molecule has 1 N–H and O–H groups in total. The summed E-state index contributed by atoms with van der Waals surface area (Å²) in [5, 5.41) is 5.14. The largest absolute Gasteiger partial charge is 0.438 e. The molecular formula is C13H11F4N3O. The standard InChI is InChI=1S/C13H11F4N3O/c1-7-3-5-8(6-4-7)12(21)18-11-9(14)10(13(15,16)17)19-20(11)2/h3-6H,1-2H3,(H,18,21). The number of rotatable bonds is 2. The van der Waals surface area contributed by atoms with Crippen molar-refractivity contribution in [3.05, 3.63) is 46.9 Å². The van der Waals surface area contributed by atoms with Crippen molar-refractivity contribution in [2.24, 2.45) is 7.05 Å². The summed E-state index contributed by atoms with van der Waals surface area (Å²) in [6, 6.07) is 6.30. The van der Waals surface area contributed by atoms with E-state index in [0.717, 1.165) is 12.6 Å². The SMILES string of the molecule is Cc1ccc(C(=O)Nc2c(F)c(C(F)(F)F)nn2C)cc1. The number of halogens is 4. The number of amides is 1. The molecule has 0 bridgehead atoms. The van der Waals surface area contributed by atoms with Gasteiger partial charge in [-0.2, -0.15) is 18.3 Å². The van der Waals surface area contributed by atoms with Gasteiger partial charge in [-0.15, -0.1) is 0 Å². The lowest BCUT2D eigenvalue weighted by Gasteiger charge is -2.05. The predicted octanol–water partition coefficient (Wildman–Crippen LogP) is 3.14. The second-order valence-electron chi connectivity index (χ2n) is 4.45. The van der Waals surface area contributed by atoms with Crippen LogP contribution >= 0.6 is 0 Å². The van der Waals surface area contributed by atoms with Crippen molar-refractivity contribution in [3.63, 3.8) is 0 Å². The lowest BCUT2D eigenvalue weighted by molar-refractivity contribution is -0.143.